The van der Waals surface area contributed by atoms with Crippen LogP contribution in [0.1, 0.15) is 31.1 Å². The monoisotopic (exact) mass is 447 g/mol. The first-order valence-corrected chi connectivity index (χ1v) is 11.3. The Bertz CT molecular complexity index is 907. The van der Waals surface area contributed by atoms with E-state index in [0.29, 0.717) is 22.0 Å². The van der Waals surface area contributed by atoms with Gasteiger partial charge in [-0.1, -0.05) is 11.6 Å². The van der Waals surface area contributed by atoms with E-state index >= 15 is 0 Å². The molecule has 0 unspecified atom stereocenters. The lowest BCUT2D eigenvalue weighted by molar-refractivity contribution is 0.0636. The van der Waals surface area contributed by atoms with E-state index in [4.69, 9.17) is 16.3 Å². The van der Waals surface area contributed by atoms with Crippen LogP contribution in [0.4, 0.5) is 21.9 Å². The lowest BCUT2D eigenvalue weighted by atomic mass is 10.2. The van der Waals surface area contributed by atoms with Crippen molar-refractivity contribution in [1.29, 1.82) is 0 Å². The molecule has 160 valence electrons. The third-order valence-corrected chi connectivity index (χ3v) is 5.59. The molecule has 0 atom stereocenters. The molecule has 2 amide bonds. The van der Waals surface area contributed by atoms with Crippen LogP contribution in [0, 0.1) is 0 Å². The van der Waals surface area contributed by atoms with Crippen molar-refractivity contribution in [3.8, 4) is 0 Å². The van der Waals surface area contributed by atoms with Gasteiger partial charge >= 0.3 is 6.09 Å². The van der Waals surface area contributed by atoms with Gasteiger partial charge in [-0.05, 0) is 63.2 Å². The van der Waals surface area contributed by atoms with Crippen LogP contribution in [0.25, 0.3) is 0 Å². The molecule has 1 fully saturated rings. The number of amides is 2. The van der Waals surface area contributed by atoms with Crippen LogP contribution in [0.2, 0.25) is 5.02 Å². The number of hydrogen-bond acceptors (Lipinski definition) is 5. The van der Waals surface area contributed by atoms with Crippen LogP contribution >= 0.6 is 23.4 Å². The van der Waals surface area contributed by atoms with Crippen molar-refractivity contribution >= 4 is 52.4 Å². The van der Waals surface area contributed by atoms with Crippen molar-refractivity contribution in [1.82, 2.24) is 0 Å². The average molecular weight is 448 g/mol. The topological polar surface area (TPSA) is 70.7 Å². The Kier molecular flexibility index (Phi) is 7.15. The van der Waals surface area contributed by atoms with Gasteiger partial charge in [-0.25, -0.2) is 4.79 Å². The fourth-order valence-corrected chi connectivity index (χ4v) is 4.18. The summed E-state index contributed by atoms with van der Waals surface area (Å²) in [7, 11) is 0. The standard InChI is InChI=1S/C22H26ClN3O3S/c1-22(2,3)29-21(28)25-16-6-4-15(5-7-16)20(27)24-17-8-9-19(18(23)14-17)26-10-12-30-13-11-26/h4-9,14H,10-13H2,1-3H3,(H,24,27)(H,25,28). The molecule has 2 N–H and O–H groups in total. The molecule has 0 radical (unpaired) electrons. The number of thioether (sulfide) groups is 1. The number of nitrogens with one attached hydrogen (secondary N) is 2. The number of nitrogens with zero attached hydrogens (tertiary/aromatic N) is 1. The summed E-state index contributed by atoms with van der Waals surface area (Å²) in [6, 6.07) is 12.2. The summed E-state index contributed by atoms with van der Waals surface area (Å²) in [6.45, 7) is 7.33. The summed E-state index contributed by atoms with van der Waals surface area (Å²) in [6.07, 6.45) is -0.540. The molecule has 8 heteroatoms. The first-order chi connectivity index (χ1) is 14.2. The molecule has 1 aliphatic rings. The van der Waals surface area contributed by atoms with Crippen molar-refractivity contribution in [2.24, 2.45) is 0 Å². The van der Waals surface area contributed by atoms with Crippen LogP contribution in [0.3, 0.4) is 0 Å². The third kappa shape index (κ3) is 6.31. The van der Waals surface area contributed by atoms with Gasteiger partial charge < -0.3 is 15.0 Å². The number of carbonyl (C=O) groups is 2. The van der Waals surface area contributed by atoms with Crippen molar-refractivity contribution in [2.45, 2.75) is 26.4 Å². The predicted molar refractivity (Wildman–Crippen MR) is 125 cm³/mol. The van der Waals surface area contributed by atoms with Gasteiger partial charge in [0.2, 0.25) is 0 Å². The van der Waals surface area contributed by atoms with Gasteiger partial charge in [-0.3, -0.25) is 10.1 Å². The minimum absolute atomic E-state index is 0.253. The normalized spacial score (nSPS) is 14.2. The first-order valence-electron chi connectivity index (χ1n) is 9.75. The maximum absolute atomic E-state index is 12.6. The van der Waals surface area contributed by atoms with E-state index in [-0.39, 0.29) is 5.91 Å². The number of hydrogen-bond donors (Lipinski definition) is 2. The molecule has 0 aliphatic carbocycles. The zero-order valence-corrected chi connectivity index (χ0v) is 18.9. The molecule has 0 bridgehead atoms. The molecular formula is C22H26ClN3O3S. The molecule has 30 heavy (non-hydrogen) atoms. The summed E-state index contributed by atoms with van der Waals surface area (Å²) in [4.78, 5) is 26.7. The Labute approximate surface area is 186 Å². The molecule has 3 rings (SSSR count). The number of anilines is 3. The van der Waals surface area contributed by atoms with Crippen LogP contribution in [-0.4, -0.2) is 42.2 Å². The maximum atomic E-state index is 12.6. The van der Waals surface area contributed by atoms with Gasteiger partial charge in [-0.2, -0.15) is 11.8 Å². The summed E-state index contributed by atoms with van der Waals surface area (Å²) < 4.78 is 5.22. The third-order valence-electron chi connectivity index (χ3n) is 4.35. The first kappa shape index (κ1) is 22.3. The van der Waals surface area contributed by atoms with Crippen LogP contribution < -0.4 is 15.5 Å². The smallest absolute Gasteiger partial charge is 0.412 e. The van der Waals surface area contributed by atoms with Gasteiger partial charge in [0, 0.05) is 41.5 Å². The van der Waals surface area contributed by atoms with E-state index in [1.807, 2.05) is 23.9 Å². The minimum Gasteiger partial charge on any atom is -0.444 e. The molecule has 1 aliphatic heterocycles. The van der Waals surface area contributed by atoms with E-state index in [1.165, 1.54) is 0 Å². The predicted octanol–water partition coefficient (Wildman–Crippen LogP) is 5.49. The summed E-state index contributed by atoms with van der Waals surface area (Å²) in [5.41, 5.74) is 2.07. The number of rotatable bonds is 4. The van der Waals surface area contributed by atoms with Gasteiger partial charge in [0.15, 0.2) is 0 Å². The quantitative estimate of drug-likeness (QED) is 0.648. The van der Waals surface area contributed by atoms with Crippen LogP contribution in [0.5, 0.6) is 0 Å². The van der Waals surface area contributed by atoms with Gasteiger partial charge in [-0.15, -0.1) is 0 Å². The zero-order valence-electron chi connectivity index (χ0n) is 17.3. The molecule has 2 aromatic rings. The molecule has 1 heterocycles. The van der Waals surface area contributed by atoms with Gasteiger partial charge in [0.1, 0.15) is 5.60 Å². The van der Waals surface area contributed by atoms with E-state index in [0.717, 1.165) is 30.3 Å². The Balaban J connectivity index is 1.60. The summed E-state index contributed by atoms with van der Waals surface area (Å²) in [5.74, 6) is 1.93. The minimum atomic E-state index is -0.576. The highest BCUT2D eigenvalue weighted by molar-refractivity contribution is 7.99. The van der Waals surface area contributed by atoms with Gasteiger partial charge in [0.25, 0.3) is 5.91 Å². The van der Waals surface area contributed by atoms with E-state index in [1.54, 1.807) is 51.1 Å². The Morgan fingerprint density at radius 3 is 2.23 bits per heavy atom. The van der Waals surface area contributed by atoms with Crippen molar-refractivity contribution in [3.05, 3.63) is 53.1 Å². The Morgan fingerprint density at radius 2 is 1.63 bits per heavy atom. The molecule has 0 saturated carbocycles. The van der Waals surface area contributed by atoms with E-state index < -0.39 is 11.7 Å². The SMILES string of the molecule is CC(C)(C)OC(=O)Nc1ccc(C(=O)Nc2ccc(N3CCSCC3)c(Cl)c2)cc1. The van der Waals surface area contributed by atoms with E-state index in [9.17, 15) is 9.59 Å². The fraction of sp³-hybridized carbons (Fsp3) is 0.364. The molecule has 2 aromatic carbocycles. The molecule has 0 spiro atoms. The Hall–Kier alpha value is -2.38. The average Bonchev–Trinajstić information content (AvgIpc) is 2.68. The Morgan fingerprint density at radius 1 is 1.00 bits per heavy atom. The fourth-order valence-electron chi connectivity index (χ4n) is 2.98. The number of benzene rings is 2. The molecule has 6 nitrogen and oxygen atoms in total. The maximum Gasteiger partial charge on any atom is 0.412 e. The highest BCUT2D eigenvalue weighted by Gasteiger charge is 2.17. The lowest BCUT2D eigenvalue weighted by Gasteiger charge is -2.29. The summed E-state index contributed by atoms with van der Waals surface area (Å²) in [5, 5.41) is 6.13. The lowest BCUT2D eigenvalue weighted by Crippen LogP contribution is -2.32. The zero-order chi connectivity index (χ0) is 21.7. The number of carbonyl (C=O) groups excluding carboxylic acids is 2. The second kappa shape index (κ2) is 9.62. The molecular weight excluding hydrogens is 422 g/mol. The second-order valence-corrected chi connectivity index (χ2v) is 9.56. The molecule has 0 aromatic heterocycles. The van der Waals surface area contributed by atoms with Crippen LogP contribution in [-0.2, 0) is 4.74 Å². The number of halogens is 1. The number of ether oxygens (including phenoxy) is 1. The summed E-state index contributed by atoms with van der Waals surface area (Å²) >= 11 is 8.40. The van der Waals surface area contributed by atoms with Crippen molar-refractivity contribution < 1.29 is 14.3 Å². The largest absolute Gasteiger partial charge is 0.444 e. The van der Waals surface area contributed by atoms with Crippen molar-refractivity contribution in [2.75, 3.05) is 40.1 Å². The van der Waals surface area contributed by atoms with Crippen LogP contribution in [0.15, 0.2) is 42.5 Å². The highest BCUT2D eigenvalue weighted by Crippen LogP contribution is 2.30. The molecule has 1 saturated heterocycles. The second-order valence-electron chi connectivity index (χ2n) is 7.92. The van der Waals surface area contributed by atoms with E-state index in [2.05, 4.69) is 15.5 Å². The van der Waals surface area contributed by atoms with Crippen molar-refractivity contribution in [3.63, 3.8) is 0 Å². The highest BCUT2D eigenvalue weighted by atomic mass is 35.5. The van der Waals surface area contributed by atoms with Gasteiger partial charge in [0.05, 0.1) is 10.7 Å².